The number of pyridine rings is 1. The minimum absolute atomic E-state index is 0.0446. The molecular formula is C35H45FN4O4. The SMILES string of the molecule is Cc1cncc2c1c(/C=C1\CC(CC3CCOCC3)N(C(=O)OC(C)(C)C)C1)cn2-c1ccc(F)cc1C(=O)N(C)C(C)C. The summed E-state index contributed by atoms with van der Waals surface area (Å²) in [6, 6.07) is 4.34. The van der Waals surface area contributed by atoms with Gasteiger partial charge in [-0.2, -0.15) is 0 Å². The van der Waals surface area contributed by atoms with Gasteiger partial charge in [-0.3, -0.25) is 9.78 Å². The van der Waals surface area contributed by atoms with Crippen LogP contribution < -0.4 is 0 Å². The second kappa shape index (κ2) is 12.7. The van der Waals surface area contributed by atoms with E-state index < -0.39 is 11.4 Å². The number of aromatic nitrogens is 2. The topological polar surface area (TPSA) is 76.9 Å². The number of halogens is 1. The quantitative estimate of drug-likeness (QED) is 0.298. The highest BCUT2D eigenvalue weighted by Crippen LogP contribution is 2.36. The lowest BCUT2D eigenvalue weighted by Crippen LogP contribution is -2.41. The van der Waals surface area contributed by atoms with Gasteiger partial charge in [0.1, 0.15) is 11.4 Å². The van der Waals surface area contributed by atoms with E-state index >= 15 is 0 Å². The number of nitrogens with zero attached hydrogens (tertiary/aromatic N) is 4. The number of carbonyl (C=O) groups is 2. The predicted octanol–water partition coefficient (Wildman–Crippen LogP) is 7.16. The Morgan fingerprint density at radius 2 is 1.93 bits per heavy atom. The van der Waals surface area contributed by atoms with Gasteiger partial charge in [0.05, 0.1) is 23.0 Å². The molecule has 2 aliphatic heterocycles. The summed E-state index contributed by atoms with van der Waals surface area (Å²) < 4.78 is 27.8. The number of amides is 2. The lowest BCUT2D eigenvalue weighted by Gasteiger charge is -2.31. The summed E-state index contributed by atoms with van der Waals surface area (Å²) in [5, 5.41) is 1.00. The Hall–Kier alpha value is -3.72. The van der Waals surface area contributed by atoms with E-state index in [0.29, 0.717) is 18.2 Å². The Labute approximate surface area is 259 Å². The molecule has 1 unspecified atom stereocenters. The Bertz CT molecular complexity index is 1560. The van der Waals surface area contributed by atoms with Crippen molar-refractivity contribution in [2.24, 2.45) is 5.92 Å². The van der Waals surface area contributed by atoms with Crippen LogP contribution in [0.4, 0.5) is 9.18 Å². The van der Waals surface area contributed by atoms with Crippen molar-refractivity contribution in [3.05, 3.63) is 64.9 Å². The van der Waals surface area contributed by atoms with Gasteiger partial charge < -0.3 is 23.8 Å². The largest absolute Gasteiger partial charge is 0.444 e. The first-order valence-electron chi connectivity index (χ1n) is 15.6. The summed E-state index contributed by atoms with van der Waals surface area (Å²) in [5.74, 6) is -0.214. The number of likely N-dealkylation sites (tertiary alicyclic amines) is 1. The molecule has 4 heterocycles. The first kappa shape index (κ1) is 31.7. The molecule has 9 heteroatoms. The summed E-state index contributed by atoms with van der Waals surface area (Å²) in [4.78, 5) is 34.8. The van der Waals surface area contributed by atoms with Crippen LogP contribution in [0.3, 0.4) is 0 Å². The molecule has 236 valence electrons. The lowest BCUT2D eigenvalue weighted by molar-refractivity contribution is 0.0168. The van der Waals surface area contributed by atoms with Crippen molar-refractivity contribution < 1.29 is 23.5 Å². The molecule has 0 saturated carbocycles. The van der Waals surface area contributed by atoms with Crippen LogP contribution in [0.15, 0.2) is 42.4 Å². The Balaban J connectivity index is 1.56. The fourth-order valence-corrected chi connectivity index (χ4v) is 6.27. The van der Waals surface area contributed by atoms with Crippen molar-refractivity contribution in [1.82, 2.24) is 19.4 Å². The zero-order chi connectivity index (χ0) is 31.8. The Morgan fingerprint density at radius 3 is 2.61 bits per heavy atom. The molecular weight excluding hydrogens is 559 g/mol. The van der Waals surface area contributed by atoms with Gasteiger partial charge in [-0.15, -0.1) is 0 Å². The van der Waals surface area contributed by atoms with Crippen molar-refractivity contribution >= 4 is 29.0 Å². The molecule has 2 amide bonds. The molecule has 1 atom stereocenters. The van der Waals surface area contributed by atoms with Crippen LogP contribution in [0.25, 0.3) is 22.7 Å². The van der Waals surface area contributed by atoms with Gasteiger partial charge in [0.2, 0.25) is 0 Å². The van der Waals surface area contributed by atoms with E-state index in [1.807, 2.05) is 63.4 Å². The molecule has 2 fully saturated rings. The Kier molecular flexibility index (Phi) is 9.16. The number of hydrogen-bond donors (Lipinski definition) is 0. The van der Waals surface area contributed by atoms with Crippen molar-refractivity contribution in [3.8, 4) is 5.69 Å². The molecule has 3 aromatic rings. The summed E-state index contributed by atoms with van der Waals surface area (Å²) in [5.41, 5.74) is 4.20. The standard InChI is InChI=1S/C35H45FN4O4/c1-22(2)38(7)33(41)29-17-27(36)8-9-30(29)40-21-26(32-23(3)18-37-19-31(32)40)14-25-16-28(15-24-10-12-43-13-11-24)39(20-25)34(42)44-35(4,5)6/h8-9,14,17-19,21-22,24,28H,10-13,15-16,20H2,1-7H3/b25-14+. The molecule has 1 aromatic carbocycles. The molecule has 5 rings (SSSR count). The molecule has 0 radical (unpaired) electrons. The van der Waals surface area contributed by atoms with Gasteiger partial charge in [-0.1, -0.05) is 6.08 Å². The number of rotatable bonds is 6. The fourth-order valence-electron chi connectivity index (χ4n) is 6.27. The predicted molar refractivity (Wildman–Crippen MR) is 170 cm³/mol. The van der Waals surface area contributed by atoms with E-state index in [9.17, 15) is 14.0 Å². The van der Waals surface area contributed by atoms with Crippen molar-refractivity contribution in [3.63, 3.8) is 0 Å². The van der Waals surface area contributed by atoms with Gasteiger partial charge in [-0.05, 0) is 102 Å². The monoisotopic (exact) mass is 604 g/mol. The molecule has 0 spiro atoms. The van der Waals surface area contributed by atoms with E-state index in [2.05, 4.69) is 11.1 Å². The van der Waals surface area contributed by atoms with Gasteiger partial charge in [0.25, 0.3) is 5.91 Å². The maximum absolute atomic E-state index is 14.5. The maximum Gasteiger partial charge on any atom is 0.410 e. The first-order chi connectivity index (χ1) is 20.8. The van der Waals surface area contributed by atoms with Crippen LogP contribution in [-0.4, -0.2) is 75.8 Å². The van der Waals surface area contributed by atoms with Gasteiger partial charge in [0, 0.05) is 62.2 Å². The van der Waals surface area contributed by atoms with Crippen LogP contribution in [0.2, 0.25) is 0 Å². The third-order valence-corrected chi connectivity index (χ3v) is 8.72. The number of aryl methyl sites for hydroxylation is 1. The van der Waals surface area contributed by atoms with Gasteiger partial charge >= 0.3 is 6.09 Å². The Morgan fingerprint density at radius 1 is 1.20 bits per heavy atom. The van der Waals surface area contributed by atoms with Gasteiger partial charge in [0.15, 0.2) is 0 Å². The van der Waals surface area contributed by atoms with Crippen LogP contribution in [0.5, 0.6) is 0 Å². The number of fused-ring (bicyclic) bond motifs is 1. The maximum atomic E-state index is 14.5. The van der Waals surface area contributed by atoms with Crippen LogP contribution >= 0.6 is 0 Å². The second-order valence-corrected chi connectivity index (χ2v) is 13.5. The highest BCUT2D eigenvalue weighted by atomic mass is 19.1. The van der Waals surface area contributed by atoms with Crippen LogP contribution in [-0.2, 0) is 9.47 Å². The van der Waals surface area contributed by atoms with E-state index in [4.69, 9.17) is 9.47 Å². The number of hydrogen-bond acceptors (Lipinski definition) is 5. The van der Waals surface area contributed by atoms with E-state index in [1.165, 1.54) is 12.1 Å². The molecule has 44 heavy (non-hydrogen) atoms. The average molecular weight is 605 g/mol. The minimum Gasteiger partial charge on any atom is -0.444 e. The third kappa shape index (κ3) is 6.83. The minimum atomic E-state index is -0.585. The number of benzene rings is 1. The molecule has 2 saturated heterocycles. The summed E-state index contributed by atoms with van der Waals surface area (Å²) in [6.45, 7) is 13.6. The molecule has 0 N–H and O–H groups in total. The highest BCUT2D eigenvalue weighted by Gasteiger charge is 2.36. The zero-order valence-electron chi connectivity index (χ0n) is 27.0. The van der Waals surface area contributed by atoms with Crippen LogP contribution in [0, 0.1) is 18.7 Å². The van der Waals surface area contributed by atoms with E-state index in [-0.39, 0.29) is 29.6 Å². The van der Waals surface area contributed by atoms with E-state index in [0.717, 1.165) is 66.5 Å². The summed E-state index contributed by atoms with van der Waals surface area (Å²) in [7, 11) is 1.73. The normalized spacial score (nSPS) is 18.9. The second-order valence-electron chi connectivity index (χ2n) is 13.5. The fraction of sp³-hybridized carbons (Fsp3) is 0.514. The van der Waals surface area contributed by atoms with Crippen LogP contribution in [0.1, 0.15) is 81.8 Å². The molecule has 8 nitrogen and oxygen atoms in total. The number of carbonyl (C=O) groups excluding carboxylic acids is 2. The molecule has 0 aliphatic carbocycles. The van der Waals surface area contributed by atoms with Crippen molar-refractivity contribution in [1.29, 1.82) is 0 Å². The number of ether oxygens (including phenoxy) is 2. The highest BCUT2D eigenvalue weighted by molar-refractivity contribution is 6.00. The summed E-state index contributed by atoms with van der Waals surface area (Å²) in [6.07, 6.45) is 11.2. The zero-order valence-corrected chi connectivity index (χ0v) is 27.0. The van der Waals surface area contributed by atoms with E-state index in [1.54, 1.807) is 24.2 Å². The molecule has 0 bridgehead atoms. The third-order valence-electron chi connectivity index (χ3n) is 8.72. The summed E-state index contributed by atoms with van der Waals surface area (Å²) >= 11 is 0. The van der Waals surface area contributed by atoms with Crippen molar-refractivity contribution in [2.75, 3.05) is 26.8 Å². The first-order valence-corrected chi connectivity index (χ1v) is 15.6. The average Bonchev–Trinajstić information content (AvgIpc) is 3.53. The molecule has 2 aromatic heterocycles. The molecule has 2 aliphatic rings. The smallest absolute Gasteiger partial charge is 0.410 e. The lowest BCUT2D eigenvalue weighted by atomic mass is 9.91. The van der Waals surface area contributed by atoms with Crippen molar-refractivity contribution in [2.45, 2.75) is 84.9 Å². The van der Waals surface area contributed by atoms with Gasteiger partial charge in [-0.25, -0.2) is 9.18 Å².